The van der Waals surface area contributed by atoms with E-state index in [1.165, 1.54) is 105 Å². The molecule has 0 radical (unpaired) electrons. The van der Waals surface area contributed by atoms with Gasteiger partial charge in [-0.05, 0) is 127 Å². The average Bonchev–Trinajstić information content (AvgIpc) is 3.96. The van der Waals surface area contributed by atoms with Crippen LogP contribution in [0.5, 0.6) is 0 Å². The maximum atomic E-state index is 2.54. The van der Waals surface area contributed by atoms with E-state index in [4.69, 9.17) is 0 Å². The monoisotopic (exact) mass is 840 g/mol. The van der Waals surface area contributed by atoms with Gasteiger partial charge in [-0.2, -0.15) is 0 Å². The molecule has 0 amide bonds. The van der Waals surface area contributed by atoms with Crippen molar-refractivity contribution in [1.82, 2.24) is 4.57 Å². The molecule has 0 saturated heterocycles. The fourth-order valence-electron chi connectivity index (χ4n) is 12.4. The van der Waals surface area contributed by atoms with E-state index in [1.807, 2.05) is 0 Å². The summed E-state index contributed by atoms with van der Waals surface area (Å²) in [6, 6.07) is 86.2. The Bertz CT molecular complexity index is 3750. The van der Waals surface area contributed by atoms with Crippen LogP contribution in [0.1, 0.15) is 47.2 Å². The molecule has 0 bridgehead atoms. The molecule has 14 rings (SSSR count). The lowest BCUT2D eigenvalue weighted by Gasteiger charge is -2.40. The van der Waals surface area contributed by atoms with Crippen molar-refractivity contribution in [2.75, 3.05) is 4.90 Å². The third kappa shape index (κ3) is 4.91. The number of fused-ring (bicyclic) bond motifs is 15. The summed E-state index contributed by atoms with van der Waals surface area (Å²) in [6.45, 7) is 4.69. The van der Waals surface area contributed by atoms with Gasteiger partial charge in [0.25, 0.3) is 0 Å². The van der Waals surface area contributed by atoms with E-state index in [-0.39, 0.29) is 5.41 Å². The number of hydrogen-bond acceptors (Lipinski definition) is 1. The number of benzene rings is 10. The van der Waals surface area contributed by atoms with Crippen LogP contribution in [0.15, 0.2) is 231 Å². The van der Waals surface area contributed by atoms with Crippen molar-refractivity contribution < 1.29 is 0 Å². The van der Waals surface area contributed by atoms with Gasteiger partial charge in [-0.1, -0.05) is 190 Å². The van der Waals surface area contributed by atoms with Crippen molar-refractivity contribution in [3.63, 3.8) is 0 Å². The minimum atomic E-state index is -0.526. The molecule has 2 heterocycles. The summed E-state index contributed by atoms with van der Waals surface area (Å²) in [5, 5.41) is 2.57. The van der Waals surface area contributed by atoms with Gasteiger partial charge in [-0.15, -0.1) is 0 Å². The van der Waals surface area contributed by atoms with Gasteiger partial charge in [0.15, 0.2) is 0 Å². The molecule has 0 atom stereocenters. The van der Waals surface area contributed by atoms with Crippen LogP contribution in [0.2, 0.25) is 0 Å². The van der Waals surface area contributed by atoms with Crippen molar-refractivity contribution >= 4 is 38.9 Å². The molecule has 2 heteroatoms. The van der Waals surface area contributed by atoms with Crippen molar-refractivity contribution in [3.8, 4) is 50.2 Å². The Kier molecular flexibility index (Phi) is 7.70. The minimum absolute atomic E-state index is 0.0176. The number of rotatable bonds is 5. The van der Waals surface area contributed by atoms with Gasteiger partial charge in [0, 0.05) is 33.1 Å². The Balaban J connectivity index is 0.959. The SMILES string of the molecule is CC1(C)c2ccccc2-c2cc(-c3ccc(N(c4ccccc4)c4ccccc4-c4ccc5c(c4)C4(c6ccccc6-c6ccccc64)c4cccc6c7ccccc7n-5c46)cc3)ccc21. The molecule has 310 valence electrons. The van der Waals surface area contributed by atoms with E-state index in [0.29, 0.717) is 0 Å². The molecular formula is C64H44N2. The highest BCUT2D eigenvalue weighted by Crippen LogP contribution is 2.61. The van der Waals surface area contributed by atoms with Gasteiger partial charge >= 0.3 is 0 Å². The summed E-state index contributed by atoms with van der Waals surface area (Å²) in [5.41, 5.74) is 24.7. The zero-order valence-corrected chi connectivity index (χ0v) is 36.8. The second-order valence-corrected chi connectivity index (χ2v) is 18.8. The standard InChI is InChI=1S/C64H44N2/c1-63(2)53-25-11-6-22-49(53)52-39-42(33-37-54(52)63)41-31-35-45(36-32-41)65(44-17-4-3-5-18-44)59-29-14-9-19-46(59)43-34-38-61-58(40-43)64(55-26-12-7-20-47(55)48-21-8-13-27-56(48)64)57-28-16-24-51-50-23-10-15-30-60(50)66(61)62(51)57/h3-40H,1-2H3. The predicted octanol–water partition coefficient (Wildman–Crippen LogP) is 16.6. The van der Waals surface area contributed by atoms with E-state index < -0.39 is 5.41 Å². The first kappa shape index (κ1) is 37.2. The van der Waals surface area contributed by atoms with E-state index >= 15 is 0 Å². The summed E-state index contributed by atoms with van der Waals surface area (Å²) in [6.07, 6.45) is 0. The van der Waals surface area contributed by atoms with Gasteiger partial charge in [0.1, 0.15) is 0 Å². The largest absolute Gasteiger partial charge is 0.310 e. The Labute approximate surface area is 385 Å². The van der Waals surface area contributed by atoms with Crippen molar-refractivity contribution in [2.24, 2.45) is 0 Å². The summed E-state index contributed by atoms with van der Waals surface area (Å²) in [5.74, 6) is 0. The first-order chi connectivity index (χ1) is 32.5. The molecule has 0 unspecified atom stereocenters. The second kappa shape index (κ2) is 13.7. The molecule has 0 N–H and O–H groups in total. The predicted molar refractivity (Wildman–Crippen MR) is 275 cm³/mol. The lowest BCUT2D eigenvalue weighted by molar-refractivity contribution is 0.660. The lowest BCUT2D eigenvalue weighted by Crippen LogP contribution is -2.33. The zero-order valence-electron chi connectivity index (χ0n) is 36.8. The molecule has 1 aliphatic heterocycles. The summed E-state index contributed by atoms with van der Waals surface area (Å²) < 4.78 is 2.54. The molecule has 1 spiro atoms. The smallest absolute Gasteiger partial charge is 0.0754 e. The molecule has 0 saturated carbocycles. The van der Waals surface area contributed by atoms with E-state index in [2.05, 4.69) is 254 Å². The van der Waals surface area contributed by atoms with Gasteiger partial charge in [0.2, 0.25) is 0 Å². The van der Waals surface area contributed by atoms with Crippen LogP contribution in [0.3, 0.4) is 0 Å². The Morgan fingerprint density at radius 2 is 0.894 bits per heavy atom. The maximum absolute atomic E-state index is 2.54. The molecule has 1 aromatic heterocycles. The first-order valence-corrected chi connectivity index (χ1v) is 23.2. The third-order valence-electron chi connectivity index (χ3n) is 15.2. The third-order valence-corrected chi connectivity index (χ3v) is 15.2. The fourth-order valence-corrected chi connectivity index (χ4v) is 12.4. The van der Waals surface area contributed by atoms with Gasteiger partial charge < -0.3 is 9.47 Å². The molecule has 10 aromatic carbocycles. The number of para-hydroxylation sites is 4. The van der Waals surface area contributed by atoms with Crippen molar-refractivity contribution in [1.29, 1.82) is 0 Å². The average molecular weight is 841 g/mol. The van der Waals surface area contributed by atoms with Crippen LogP contribution >= 0.6 is 0 Å². The van der Waals surface area contributed by atoms with Crippen LogP contribution in [0.4, 0.5) is 17.1 Å². The fraction of sp³-hybridized carbons (Fsp3) is 0.0625. The van der Waals surface area contributed by atoms with Crippen molar-refractivity contribution in [2.45, 2.75) is 24.7 Å². The molecule has 2 aliphatic carbocycles. The van der Waals surface area contributed by atoms with Crippen LogP contribution in [-0.4, -0.2) is 4.57 Å². The van der Waals surface area contributed by atoms with Crippen LogP contribution in [0, 0.1) is 0 Å². The van der Waals surface area contributed by atoms with Crippen LogP contribution in [-0.2, 0) is 10.8 Å². The minimum Gasteiger partial charge on any atom is -0.310 e. The van der Waals surface area contributed by atoms with Crippen molar-refractivity contribution in [3.05, 3.63) is 264 Å². The normalized spacial score (nSPS) is 14.2. The molecule has 0 fully saturated rings. The quantitative estimate of drug-likeness (QED) is 0.168. The van der Waals surface area contributed by atoms with Gasteiger partial charge in [-0.25, -0.2) is 0 Å². The zero-order chi connectivity index (χ0) is 43.7. The second-order valence-electron chi connectivity index (χ2n) is 18.8. The van der Waals surface area contributed by atoms with Gasteiger partial charge in [0.05, 0.1) is 27.8 Å². The van der Waals surface area contributed by atoms with Gasteiger partial charge in [-0.3, -0.25) is 0 Å². The molecule has 3 aliphatic rings. The summed E-state index contributed by atoms with van der Waals surface area (Å²) in [4.78, 5) is 2.42. The Hall–Kier alpha value is -8.20. The van der Waals surface area contributed by atoms with Crippen LogP contribution in [0.25, 0.3) is 72.0 Å². The number of aromatic nitrogens is 1. The molecular weight excluding hydrogens is 797 g/mol. The highest BCUT2D eigenvalue weighted by Gasteiger charge is 2.51. The number of hydrogen-bond donors (Lipinski definition) is 0. The highest BCUT2D eigenvalue weighted by molar-refractivity contribution is 6.13. The molecule has 2 nitrogen and oxygen atoms in total. The maximum Gasteiger partial charge on any atom is 0.0754 e. The van der Waals surface area contributed by atoms with E-state index in [1.54, 1.807) is 0 Å². The van der Waals surface area contributed by atoms with Crippen LogP contribution < -0.4 is 4.90 Å². The molecule has 11 aromatic rings. The Morgan fingerprint density at radius 1 is 0.348 bits per heavy atom. The highest BCUT2D eigenvalue weighted by atomic mass is 15.1. The topological polar surface area (TPSA) is 8.17 Å². The number of anilines is 3. The molecule has 66 heavy (non-hydrogen) atoms. The Morgan fingerprint density at radius 3 is 1.65 bits per heavy atom. The number of nitrogens with zero attached hydrogens (tertiary/aromatic N) is 2. The first-order valence-electron chi connectivity index (χ1n) is 23.2. The van der Waals surface area contributed by atoms with E-state index in [0.717, 1.165) is 17.1 Å². The summed E-state index contributed by atoms with van der Waals surface area (Å²) >= 11 is 0. The summed E-state index contributed by atoms with van der Waals surface area (Å²) in [7, 11) is 0. The van der Waals surface area contributed by atoms with E-state index in [9.17, 15) is 0 Å². The lowest BCUT2D eigenvalue weighted by atomic mass is 9.65.